The predicted octanol–water partition coefficient (Wildman–Crippen LogP) is 2.76. The van der Waals surface area contributed by atoms with Crippen LogP contribution in [0.1, 0.15) is 16.1 Å². The van der Waals surface area contributed by atoms with Gasteiger partial charge in [0.1, 0.15) is 11.6 Å². The van der Waals surface area contributed by atoms with Crippen LogP contribution in [-0.2, 0) is 11.3 Å². The summed E-state index contributed by atoms with van der Waals surface area (Å²) < 4.78 is 30.7. The maximum absolute atomic E-state index is 13.4. The number of carbonyl (C=O) groups is 1. The lowest BCUT2D eigenvalue weighted by molar-refractivity contribution is 0.0600. The van der Waals surface area contributed by atoms with Gasteiger partial charge in [0.15, 0.2) is 0 Å². The minimum Gasteiger partial charge on any atom is -0.465 e. The van der Waals surface area contributed by atoms with Crippen LogP contribution in [0.3, 0.4) is 0 Å². The molecule has 2 aromatic rings. The number of halogens is 2. The van der Waals surface area contributed by atoms with Crippen LogP contribution in [0.15, 0.2) is 36.5 Å². The lowest BCUT2D eigenvalue weighted by Crippen LogP contribution is -2.06. The van der Waals surface area contributed by atoms with E-state index in [1.165, 1.54) is 25.4 Å². The number of nitrogens with zero attached hydrogens (tertiary/aromatic N) is 1. The summed E-state index contributed by atoms with van der Waals surface area (Å²) in [6.45, 7) is 0.254. The van der Waals surface area contributed by atoms with Gasteiger partial charge in [0.2, 0.25) is 0 Å². The standard InChI is InChI=1S/C14H12F2N2O2/c1-20-14(19)9-2-4-11(17-7-9)8-18-13-5-3-10(15)6-12(13)16/h2-7,18H,8H2,1H3. The monoisotopic (exact) mass is 278 g/mol. The third-order valence-corrected chi connectivity index (χ3v) is 2.64. The number of hydrogen-bond donors (Lipinski definition) is 1. The molecule has 1 aromatic heterocycles. The predicted molar refractivity (Wildman–Crippen MR) is 69.3 cm³/mol. The second-order valence-corrected chi connectivity index (χ2v) is 4.01. The van der Waals surface area contributed by atoms with Crippen LogP contribution >= 0.6 is 0 Å². The molecule has 1 heterocycles. The van der Waals surface area contributed by atoms with Gasteiger partial charge in [0, 0.05) is 12.3 Å². The maximum atomic E-state index is 13.4. The first-order valence-corrected chi connectivity index (χ1v) is 5.82. The lowest BCUT2D eigenvalue weighted by Gasteiger charge is -2.07. The second kappa shape index (κ2) is 6.10. The SMILES string of the molecule is COC(=O)c1ccc(CNc2ccc(F)cc2F)nc1. The molecule has 0 amide bonds. The van der Waals surface area contributed by atoms with E-state index in [1.54, 1.807) is 12.1 Å². The zero-order valence-corrected chi connectivity index (χ0v) is 10.7. The van der Waals surface area contributed by atoms with Crippen LogP contribution in [0.2, 0.25) is 0 Å². The van der Waals surface area contributed by atoms with E-state index >= 15 is 0 Å². The number of hydrogen-bond acceptors (Lipinski definition) is 4. The van der Waals surface area contributed by atoms with Crippen molar-refractivity contribution in [3.8, 4) is 0 Å². The largest absolute Gasteiger partial charge is 0.465 e. The van der Waals surface area contributed by atoms with Gasteiger partial charge in [-0.1, -0.05) is 0 Å². The van der Waals surface area contributed by atoms with Crippen LogP contribution in [0.25, 0.3) is 0 Å². The zero-order valence-electron chi connectivity index (χ0n) is 10.7. The number of anilines is 1. The van der Waals surface area contributed by atoms with E-state index < -0.39 is 17.6 Å². The van der Waals surface area contributed by atoms with Crippen molar-refractivity contribution in [3.05, 3.63) is 59.4 Å². The molecule has 0 saturated carbocycles. The molecule has 0 spiro atoms. The first kappa shape index (κ1) is 13.9. The number of carbonyl (C=O) groups excluding carboxylic acids is 1. The van der Waals surface area contributed by atoms with Crippen molar-refractivity contribution in [1.82, 2.24) is 4.98 Å². The highest BCUT2D eigenvalue weighted by Gasteiger charge is 2.06. The van der Waals surface area contributed by atoms with Crippen molar-refractivity contribution in [1.29, 1.82) is 0 Å². The summed E-state index contributed by atoms with van der Waals surface area (Å²) in [6, 6.07) is 6.47. The van der Waals surface area contributed by atoms with E-state index in [2.05, 4.69) is 15.0 Å². The van der Waals surface area contributed by atoms with E-state index in [-0.39, 0.29) is 12.2 Å². The van der Waals surface area contributed by atoms with Crippen LogP contribution in [0.5, 0.6) is 0 Å². The Hall–Kier alpha value is -2.50. The molecular formula is C14H12F2N2O2. The fraction of sp³-hybridized carbons (Fsp3) is 0.143. The molecule has 1 N–H and O–H groups in total. The second-order valence-electron chi connectivity index (χ2n) is 4.01. The fourth-order valence-electron chi connectivity index (χ4n) is 1.59. The molecule has 0 fully saturated rings. The summed E-state index contributed by atoms with van der Waals surface area (Å²) in [5, 5.41) is 2.80. The number of ether oxygens (including phenoxy) is 1. The number of esters is 1. The number of aromatic nitrogens is 1. The first-order valence-electron chi connectivity index (χ1n) is 5.82. The summed E-state index contributed by atoms with van der Waals surface area (Å²) in [5.41, 5.74) is 1.14. The highest BCUT2D eigenvalue weighted by Crippen LogP contribution is 2.15. The van der Waals surface area contributed by atoms with Crippen LogP contribution in [-0.4, -0.2) is 18.1 Å². The van der Waals surface area contributed by atoms with E-state index in [1.807, 2.05) is 0 Å². The molecule has 0 aliphatic rings. The van der Waals surface area contributed by atoms with Gasteiger partial charge in [0.05, 0.1) is 30.6 Å². The highest BCUT2D eigenvalue weighted by atomic mass is 19.1. The summed E-state index contributed by atoms with van der Waals surface area (Å²) in [5.74, 6) is -1.77. The van der Waals surface area contributed by atoms with E-state index in [0.717, 1.165) is 6.07 Å². The van der Waals surface area contributed by atoms with Crippen LogP contribution < -0.4 is 5.32 Å². The van der Waals surface area contributed by atoms with E-state index in [4.69, 9.17) is 0 Å². The minimum absolute atomic E-state index is 0.185. The molecule has 1 aromatic carbocycles. The summed E-state index contributed by atoms with van der Waals surface area (Å²) >= 11 is 0. The minimum atomic E-state index is -0.670. The third kappa shape index (κ3) is 3.28. The van der Waals surface area contributed by atoms with Crippen molar-refractivity contribution in [2.75, 3.05) is 12.4 Å². The fourth-order valence-corrected chi connectivity index (χ4v) is 1.59. The molecule has 0 atom stereocenters. The van der Waals surface area contributed by atoms with Gasteiger partial charge < -0.3 is 10.1 Å². The highest BCUT2D eigenvalue weighted by molar-refractivity contribution is 5.88. The normalized spacial score (nSPS) is 10.2. The van der Waals surface area contributed by atoms with Gasteiger partial charge in [-0.15, -0.1) is 0 Å². The van der Waals surface area contributed by atoms with Gasteiger partial charge in [-0.3, -0.25) is 4.98 Å². The molecule has 0 aliphatic heterocycles. The number of pyridine rings is 1. The molecule has 20 heavy (non-hydrogen) atoms. The maximum Gasteiger partial charge on any atom is 0.339 e. The van der Waals surface area contributed by atoms with Gasteiger partial charge in [-0.25, -0.2) is 13.6 Å². The van der Waals surface area contributed by atoms with Gasteiger partial charge in [-0.2, -0.15) is 0 Å². The van der Waals surface area contributed by atoms with E-state index in [9.17, 15) is 13.6 Å². The number of methoxy groups -OCH3 is 1. The smallest absolute Gasteiger partial charge is 0.339 e. The van der Waals surface area contributed by atoms with Crippen molar-refractivity contribution in [3.63, 3.8) is 0 Å². The quantitative estimate of drug-likeness (QED) is 0.874. The van der Waals surface area contributed by atoms with Gasteiger partial charge >= 0.3 is 5.97 Å². The van der Waals surface area contributed by atoms with Crippen molar-refractivity contribution < 1.29 is 18.3 Å². The van der Waals surface area contributed by atoms with E-state index in [0.29, 0.717) is 11.3 Å². The molecule has 6 heteroatoms. The Balaban J connectivity index is 2.02. The molecule has 0 saturated heterocycles. The van der Waals surface area contributed by atoms with Gasteiger partial charge in [0.25, 0.3) is 0 Å². The molecule has 0 unspecified atom stereocenters. The summed E-state index contributed by atoms with van der Waals surface area (Å²) in [4.78, 5) is 15.3. The van der Waals surface area contributed by atoms with Crippen molar-refractivity contribution >= 4 is 11.7 Å². The molecular weight excluding hydrogens is 266 g/mol. The Bertz CT molecular complexity index is 615. The lowest BCUT2D eigenvalue weighted by atomic mass is 10.2. The average molecular weight is 278 g/mol. The Kier molecular flexibility index (Phi) is 4.24. The Morgan fingerprint density at radius 3 is 2.70 bits per heavy atom. The number of nitrogens with one attached hydrogen (secondary N) is 1. The van der Waals surface area contributed by atoms with Crippen LogP contribution in [0.4, 0.5) is 14.5 Å². The summed E-state index contributed by atoms with van der Waals surface area (Å²) in [7, 11) is 1.29. The molecule has 104 valence electrons. The first-order chi connectivity index (χ1) is 9.60. The molecule has 0 aliphatic carbocycles. The Labute approximate surface area is 114 Å². The average Bonchev–Trinajstić information content (AvgIpc) is 2.46. The summed E-state index contributed by atoms with van der Waals surface area (Å²) in [6.07, 6.45) is 1.38. The Morgan fingerprint density at radius 1 is 1.30 bits per heavy atom. The molecule has 0 bridgehead atoms. The molecule has 2 rings (SSSR count). The topological polar surface area (TPSA) is 51.2 Å². The number of rotatable bonds is 4. The number of benzene rings is 1. The van der Waals surface area contributed by atoms with Gasteiger partial charge in [-0.05, 0) is 24.3 Å². The molecule has 4 nitrogen and oxygen atoms in total. The third-order valence-electron chi connectivity index (χ3n) is 2.64. The zero-order chi connectivity index (χ0) is 14.5. The van der Waals surface area contributed by atoms with Crippen molar-refractivity contribution in [2.24, 2.45) is 0 Å². The molecule has 0 radical (unpaired) electrons. The van der Waals surface area contributed by atoms with Crippen LogP contribution in [0, 0.1) is 11.6 Å². The van der Waals surface area contributed by atoms with Crippen molar-refractivity contribution in [2.45, 2.75) is 6.54 Å². The Morgan fingerprint density at radius 2 is 2.10 bits per heavy atom.